The van der Waals surface area contributed by atoms with Crippen LogP contribution in [0.15, 0.2) is 97.3 Å². The van der Waals surface area contributed by atoms with E-state index in [4.69, 9.17) is 52.1 Å². The van der Waals surface area contributed by atoms with Crippen LogP contribution in [0.1, 0.15) is 56.9 Å². The smallest absolute Gasteiger partial charge is 0.474 e. The third kappa shape index (κ3) is 11.9. The number of pyridine rings is 2. The molecule has 4 bridgehead atoms. The zero-order valence-corrected chi connectivity index (χ0v) is 42.8. The molecule has 2 aliphatic carbocycles. The van der Waals surface area contributed by atoms with E-state index >= 15 is 0 Å². The molecule has 12 rings (SSSR count). The lowest BCUT2D eigenvalue weighted by Crippen LogP contribution is -2.54. The summed E-state index contributed by atoms with van der Waals surface area (Å²) in [6.07, 6.45) is 10.5. The van der Waals surface area contributed by atoms with Crippen LogP contribution in [-0.4, -0.2) is 146 Å². The number of rotatable bonds is 13. The van der Waals surface area contributed by atoms with E-state index in [-0.39, 0.29) is 31.2 Å². The lowest BCUT2D eigenvalue weighted by molar-refractivity contribution is -0.0133. The number of ether oxygens (including phenoxy) is 4. The molecule has 394 valence electrons. The van der Waals surface area contributed by atoms with Crippen molar-refractivity contribution in [1.29, 1.82) is 0 Å². The molecule has 0 spiro atoms. The van der Waals surface area contributed by atoms with Crippen LogP contribution in [0.2, 0.25) is 5.15 Å². The Morgan fingerprint density at radius 2 is 1.13 bits per heavy atom. The number of hydrogen-bond acceptors (Lipinski definition) is 20. The highest BCUT2D eigenvalue weighted by Gasteiger charge is 2.43. The second-order valence-corrected chi connectivity index (χ2v) is 20.4. The Balaban J connectivity index is 0.000000141. The Bertz CT molecular complexity index is 2880. The first-order valence-electron chi connectivity index (χ1n) is 25.6. The molecular weight excluding hydrogens is 979 g/mol. The molecule has 4 aromatic heterocycles. The van der Waals surface area contributed by atoms with E-state index in [9.17, 15) is 10.2 Å². The largest absolute Gasteiger partial charge is 0.492 e. The minimum absolute atomic E-state index is 0.0657. The van der Waals surface area contributed by atoms with Crippen LogP contribution in [0.4, 0.5) is 34.4 Å². The van der Waals surface area contributed by atoms with Crippen LogP contribution in [0, 0.1) is 6.92 Å². The molecule has 0 radical (unpaired) electrons. The van der Waals surface area contributed by atoms with Crippen molar-refractivity contribution in [3.8, 4) is 28.8 Å². The average molecular weight is 1040 g/mol. The maximum atomic E-state index is 9.54. The maximum absolute atomic E-state index is 9.54. The topological polar surface area (TPSA) is 260 Å². The van der Waals surface area contributed by atoms with E-state index in [1.54, 1.807) is 36.5 Å². The molecular formula is C53H64BClN12O8. The zero-order valence-electron chi connectivity index (χ0n) is 42.1. The number of fused-ring (bicyclic) bond motifs is 4. The Morgan fingerprint density at radius 3 is 1.64 bits per heavy atom. The summed E-state index contributed by atoms with van der Waals surface area (Å²) in [5.74, 6) is 2.58. The number of aliphatic hydroxyl groups is 2. The summed E-state index contributed by atoms with van der Waals surface area (Å²) in [5, 5.41) is 53.7. The van der Waals surface area contributed by atoms with Gasteiger partial charge < -0.3 is 70.3 Å². The summed E-state index contributed by atoms with van der Waals surface area (Å²) in [4.78, 5) is 18.4. The number of anilines is 6. The van der Waals surface area contributed by atoms with Gasteiger partial charge in [0.2, 0.25) is 11.8 Å². The molecule has 8 heterocycles. The number of nitrogens with zero attached hydrogens (tertiary/aromatic N) is 10. The van der Waals surface area contributed by atoms with Crippen molar-refractivity contribution in [3.63, 3.8) is 0 Å². The van der Waals surface area contributed by atoms with Gasteiger partial charge >= 0.3 is 7.12 Å². The summed E-state index contributed by atoms with van der Waals surface area (Å²) in [6, 6.07) is 28.5. The Morgan fingerprint density at radius 1 is 0.640 bits per heavy atom. The van der Waals surface area contributed by atoms with Gasteiger partial charge in [0.15, 0.2) is 23.6 Å². The summed E-state index contributed by atoms with van der Waals surface area (Å²) >= 11 is 6.03. The number of para-hydroxylation sites is 1. The molecule has 4 saturated heterocycles. The number of aryl methyl sites for hydroxylation is 1. The predicted molar refractivity (Wildman–Crippen MR) is 288 cm³/mol. The Labute approximate surface area is 441 Å². The molecule has 0 amide bonds. The number of nitrogens with two attached hydrogens (primary N) is 2. The van der Waals surface area contributed by atoms with E-state index in [1.165, 1.54) is 12.7 Å². The molecule has 8 N–H and O–H groups in total. The van der Waals surface area contributed by atoms with Crippen molar-refractivity contribution in [3.05, 3.63) is 108 Å². The molecule has 4 unspecified atom stereocenters. The lowest BCUT2D eigenvalue weighted by atomic mass is 9.80. The molecule has 6 fully saturated rings. The van der Waals surface area contributed by atoms with Gasteiger partial charge in [-0.15, -0.1) is 20.4 Å². The minimum Gasteiger partial charge on any atom is -0.474 e. The van der Waals surface area contributed by atoms with E-state index in [0.29, 0.717) is 89.6 Å². The first-order valence-corrected chi connectivity index (χ1v) is 26.0. The van der Waals surface area contributed by atoms with Crippen molar-refractivity contribution in [2.45, 2.75) is 107 Å². The number of benzene rings is 2. The number of piperazine rings is 2. The number of hydrogen-bond donors (Lipinski definition) is 6. The molecule has 4 aliphatic heterocycles. The van der Waals surface area contributed by atoms with Crippen molar-refractivity contribution >= 4 is 58.6 Å². The van der Waals surface area contributed by atoms with Crippen molar-refractivity contribution < 1.29 is 39.2 Å². The van der Waals surface area contributed by atoms with Gasteiger partial charge in [0.25, 0.3) is 0 Å². The molecule has 75 heavy (non-hydrogen) atoms. The molecule has 6 aromatic rings. The number of nitrogen functional groups attached to an aromatic ring is 2. The van der Waals surface area contributed by atoms with E-state index in [2.05, 4.69) is 81.2 Å². The number of halogens is 1. The van der Waals surface area contributed by atoms with Crippen molar-refractivity contribution in [1.82, 2.24) is 30.4 Å². The first kappa shape index (κ1) is 51.7. The van der Waals surface area contributed by atoms with Gasteiger partial charge in [0.1, 0.15) is 18.0 Å². The Hall–Kier alpha value is -6.75. The monoisotopic (exact) mass is 1040 g/mol. The average Bonchev–Trinajstić information content (AvgIpc) is 3.84. The van der Waals surface area contributed by atoms with Gasteiger partial charge in [-0.25, -0.2) is 9.97 Å². The maximum Gasteiger partial charge on any atom is 0.492 e. The summed E-state index contributed by atoms with van der Waals surface area (Å²) < 4.78 is 21.7. The second kappa shape index (κ2) is 23.0. The molecule has 4 atom stereocenters. The standard InChI is InChI=1S/C26H30N6O2.C19H23ClN6O2.C8H11BO4/c1-16-4-2-3-5-22(16)23-13-24(26(27)30-29-23)31-14-18-6-7-19(15-31)32(18)17-8-9-28-25(10-17)34-21-11-20(33)12-21;20-17-8-16(19(21)24-23-17)25-9-12-1-2-13(10-25)26(12)11-3-4-22-18(5-11)28-15-6-14(27)7-15;1-12-6-13-8-5-3-2-4-7(8)9(10)11/h2-5,8-10,13,18-21,33H,6-7,11-12,14-15H2,1H3,(H2,27,30);3-5,8,12-15,27H,1-2,6-7,9-10H2,(H2,21,24);2-5,10-11H,6H2,1H3. The SMILES string of the molecule is COCOc1ccccc1B(O)O.Cc1ccccc1-c1cc(N2CC3CCC(C2)N3c2ccnc(OC3CC(O)C3)c2)c(N)nn1.Nc1nnc(Cl)cc1N1CC2CCC(C1)N2c1ccnc(OC2CC(O)C2)c1. The van der Waals surface area contributed by atoms with Gasteiger partial charge in [0.05, 0.1) is 29.3 Å². The number of aliphatic hydroxyl groups excluding tert-OH is 2. The van der Waals surface area contributed by atoms with Crippen LogP contribution in [0.5, 0.6) is 17.5 Å². The molecule has 20 nitrogen and oxygen atoms in total. The fourth-order valence-corrected chi connectivity index (χ4v) is 11.2. The summed E-state index contributed by atoms with van der Waals surface area (Å²) in [5.41, 5.74) is 19.9. The normalized spacial score (nSPS) is 24.2. The van der Waals surface area contributed by atoms with Crippen LogP contribution < -0.4 is 50.7 Å². The van der Waals surface area contributed by atoms with E-state index in [1.807, 2.05) is 36.5 Å². The summed E-state index contributed by atoms with van der Waals surface area (Å²) in [7, 11) is -0.0223. The molecule has 2 aromatic carbocycles. The van der Waals surface area contributed by atoms with Crippen LogP contribution in [0.3, 0.4) is 0 Å². The van der Waals surface area contributed by atoms with E-state index < -0.39 is 7.12 Å². The highest BCUT2D eigenvalue weighted by Crippen LogP contribution is 2.41. The zero-order chi connectivity index (χ0) is 52.2. The van der Waals surface area contributed by atoms with Crippen molar-refractivity contribution in [2.75, 3.05) is 71.1 Å². The Kier molecular flexibility index (Phi) is 15.9. The van der Waals surface area contributed by atoms with Crippen molar-refractivity contribution in [2.24, 2.45) is 0 Å². The van der Waals surface area contributed by atoms with Gasteiger partial charge in [-0.2, -0.15) is 0 Å². The highest BCUT2D eigenvalue weighted by molar-refractivity contribution is 6.59. The second-order valence-electron chi connectivity index (χ2n) is 20.0. The molecule has 2 saturated carbocycles. The highest BCUT2D eigenvalue weighted by atomic mass is 35.5. The molecule has 6 aliphatic rings. The lowest BCUT2D eigenvalue weighted by Gasteiger charge is -2.43. The fourth-order valence-electron chi connectivity index (χ4n) is 11.1. The van der Waals surface area contributed by atoms with E-state index in [0.717, 1.165) is 85.9 Å². The summed E-state index contributed by atoms with van der Waals surface area (Å²) in [6.45, 7) is 5.65. The van der Waals surface area contributed by atoms with Gasteiger partial charge in [0, 0.05) is 136 Å². The van der Waals surface area contributed by atoms with Gasteiger partial charge in [-0.05, 0) is 62.4 Å². The van der Waals surface area contributed by atoms with Crippen LogP contribution >= 0.6 is 11.6 Å². The first-order chi connectivity index (χ1) is 36.4. The van der Waals surface area contributed by atoms with Crippen LogP contribution in [-0.2, 0) is 4.74 Å². The molecule has 22 heteroatoms. The predicted octanol–water partition coefficient (Wildman–Crippen LogP) is 4.40. The van der Waals surface area contributed by atoms with Crippen LogP contribution in [0.25, 0.3) is 11.3 Å². The number of aromatic nitrogens is 6. The fraction of sp³-hybridized carbons (Fsp3) is 0.434. The minimum atomic E-state index is -1.52. The van der Waals surface area contributed by atoms with Gasteiger partial charge in [-0.1, -0.05) is 54.1 Å². The quantitative estimate of drug-likeness (QED) is 0.0692. The third-order valence-electron chi connectivity index (χ3n) is 14.9. The third-order valence-corrected chi connectivity index (χ3v) is 15.1. The number of methoxy groups -OCH3 is 1. The van der Waals surface area contributed by atoms with Gasteiger partial charge in [-0.3, -0.25) is 0 Å².